The molecule has 1 aliphatic heterocycles. The number of nitrogens with zero attached hydrogens (tertiary/aromatic N) is 2. The molecule has 2 N–H and O–H groups in total. The minimum atomic E-state index is -0.801. The van der Waals surface area contributed by atoms with Crippen LogP contribution in [0.25, 0.3) is 0 Å². The molecule has 1 saturated carbocycles. The van der Waals surface area contributed by atoms with E-state index in [0.717, 1.165) is 43.6 Å². The molecule has 3 rings (SSSR count). The number of hydrogen-bond donors (Lipinski definition) is 2. The van der Waals surface area contributed by atoms with Crippen molar-refractivity contribution in [2.45, 2.75) is 57.2 Å². The molecule has 1 saturated heterocycles. The second-order valence-electron chi connectivity index (χ2n) is 6.61. The van der Waals surface area contributed by atoms with Crippen LogP contribution >= 0.6 is 0 Å². The smallest absolute Gasteiger partial charge is 0.225 e. The van der Waals surface area contributed by atoms with Crippen molar-refractivity contribution in [1.29, 1.82) is 0 Å². The lowest BCUT2D eigenvalue weighted by Gasteiger charge is -2.36. The Bertz CT molecular complexity index is 522. The van der Waals surface area contributed by atoms with E-state index >= 15 is 0 Å². The summed E-state index contributed by atoms with van der Waals surface area (Å²) in [6.45, 7) is 3.54. The second-order valence-corrected chi connectivity index (χ2v) is 6.61. The molecule has 6 nitrogen and oxygen atoms in total. The zero-order valence-electron chi connectivity index (χ0n) is 13.2. The number of carbonyl (C=O) groups excluding carboxylic acids is 1. The Labute approximate surface area is 130 Å². The van der Waals surface area contributed by atoms with Crippen molar-refractivity contribution in [1.82, 2.24) is 14.9 Å². The van der Waals surface area contributed by atoms with E-state index in [-0.39, 0.29) is 18.4 Å². The van der Waals surface area contributed by atoms with Gasteiger partial charge in [0.1, 0.15) is 11.9 Å². The molecule has 1 amide bonds. The number of imidazole rings is 1. The van der Waals surface area contributed by atoms with E-state index in [2.05, 4.69) is 9.97 Å². The molecule has 0 radical (unpaired) electrons. The number of amides is 1. The molecule has 2 heterocycles. The van der Waals surface area contributed by atoms with Crippen LogP contribution in [0.4, 0.5) is 0 Å². The van der Waals surface area contributed by atoms with E-state index in [4.69, 9.17) is 4.74 Å². The standard InChI is InChI=1S/C16H25N3O3/c1-12-10-17-15(18-12)13-11-19(7-8-22-13)14(20)9-16(21)5-3-2-4-6-16/h10,13,21H,2-9,11H2,1H3,(H,17,18)/t13-/m1/s1. The highest BCUT2D eigenvalue weighted by Gasteiger charge is 2.35. The summed E-state index contributed by atoms with van der Waals surface area (Å²) in [7, 11) is 0. The summed E-state index contributed by atoms with van der Waals surface area (Å²) in [5.74, 6) is 0.798. The van der Waals surface area contributed by atoms with E-state index in [1.165, 1.54) is 0 Å². The summed E-state index contributed by atoms with van der Waals surface area (Å²) in [4.78, 5) is 21.8. The molecular weight excluding hydrogens is 282 g/mol. The first-order chi connectivity index (χ1) is 10.6. The highest BCUT2D eigenvalue weighted by molar-refractivity contribution is 5.77. The van der Waals surface area contributed by atoms with Crippen LogP contribution < -0.4 is 0 Å². The predicted molar refractivity (Wildman–Crippen MR) is 81.2 cm³/mol. The Morgan fingerprint density at radius 1 is 1.50 bits per heavy atom. The van der Waals surface area contributed by atoms with Crippen molar-refractivity contribution in [3.63, 3.8) is 0 Å². The van der Waals surface area contributed by atoms with Gasteiger partial charge >= 0.3 is 0 Å². The van der Waals surface area contributed by atoms with Crippen LogP contribution in [0.2, 0.25) is 0 Å². The van der Waals surface area contributed by atoms with Gasteiger partial charge < -0.3 is 19.7 Å². The maximum atomic E-state index is 12.5. The number of aryl methyl sites for hydroxylation is 1. The summed E-state index contributed by atoms with van der Waals surface area (Å²) in [6.07, 6.45) is 6.47. The van der Waals surface area contributed by atoms with Gasteiger partial charge in [0.05, 0.1) is 25.2 Å². The molecule has 122 valence electrons. The summed E-state index contributed by atoms with van der Waals surface area (Å²) in [6, 6.07) is 0. The number of aromatic nitrogens is 2. The van der Waals surface area contributed by atoms with Crippen molar-refractivity contribution in [3.05, 3.63) is 17.7 Å². The van der Waals surface area contributed by atoms with Crippen LogP contribution in [0.1, 0.15) is 56.1 Å². The fourth-order valence-corrected chi connectivity index (χ4v) is 3.42. The third-order valence-corrected chi connectivity index (χ3v) is 4.71. The number of ether oxygens (including phenoxy) is 1. The number of nitrogens with one attached hydrogen (secondary N) is 1. The number of hydrogen-bond acceptors (Lipinski definition) is 4. The third-order valence-electron chi connectivity index (χ3n) is 4.71. The molecule has 0 spiro atoms. The van der Waals surface area contributed by atoms with E-state index in [1.807, 2.05) is 6.92 Å². The maximum Gasteiger partial charge on any atom is 0.225 e. The lowest BCUT2D eigenvalue weighted by Crippen LogP contribution is -2.46. The monoisotopic (exact) mass is 307 g/mol. The van der Waals surface area contributed by atoms with Gasteiger partial charge in [-0.3, -0.25) is 4.79 Å². The zero-order chi connectivity index (χ0) is 15.6. The summed E-state index contributed by atoms with van der Waals surface area (Å²) < 4.78 is 5.72. The Morgan fingerprint density at radius 2 is 2.27 bits per heavy atom. The fraction of sp³-hybridized carbons (Fsp3) is 0.750. The normalized spacial score (nSPS) is 25.2. The molecule has 2 aliphatic rings. The first-order valence-corrected chi connectivity index (χ1v) is 8.19. The van der Waals surface area contributed by atoms with Crippen molar-refractivity contribution in [2.75, 3.05) is 19.7 Å². The zero-order valence-corrected chi connectivity index (χ0v) is 13.2. The quantitative estimate of drug-likeness (QED) is 0.891. The van der Waals surface area contributed by atoms with Gasteiger partial charge in [-0.25, -0.2) is 4.98 Å². The Morgan fingerprint density at radius 3 is 2.95 bits per heavy atom. The molecule has 1 atom stereocenters. The second kappa shape index (κ2) is 6.38. The lowest BCUT2D eigenvalue weighted by molar-refractivity contribution is -0.145. The molecule has 6 heteroatoms. The number of aromatic amines is 1. The highest BCUT2D eigenvalue weighted by atomic mass is 16.5. The van der Waals surface area contributed by atoms with Gasteiger partial charge in [-0.1, -0.05) is 19.3 Å². The van der Waals surface area contributed by atoms with Crippen LogP contribution in [0.5, 0.6) is 0 Å². The van der Waals surface area contributed by atoms with E-state index in [0.29, 0.717) is 19.7 Å². The summed E-state index contributed by atoms with van der Waals surface area (Å²) >= 11 is 0. The number of rotatable bonds is 3. The lowest BCUT2D eigenvalue weighted by atomic mass is 9.82. The van der Waals surface area contributed by atoms with Crippen LogP contribution in [0, 0.1) is 6.92 Å². The van der Waals surface area contributed by atoms with Crippen molar-refractivity contribution < 1.29 is 14.6 Å². The number of aliphatic hydroxyl groups is 1. The molecule has 22 heavy (non-hydrogen) atoms. The number of carbonyl (C=O) groups is 1. The SMILES string of the molecule is Cc1cnc([C@H]2CN(C(=O)CC3(O)CCCCC3)CCO2)[nH]1. The summed E-state index contributed by atoms with van der Waals surface area (Å²) in [5, 5.41) is 10.6. The van der Waals surface area contributed by atoms with Crippen LogP contribution in [0.15, 0.2) is 6.20 Å². The Hall–Kier alpha value is -1.40. The van der Waals surface area contributed by atoms with Crippen LogP contribution in [-0.4, -0.2) is 51.2 Å². The molecule has 0 unspecified atom stereocenters. The number of H-pyrrole nitrogens is 1. The van der Waals surface area contributed by atoms with Gasteiger partial charge in [-0.05, 0) is 19.8 Å². The van der Waals surface area contributed by atoms with Crippen molar-refractivity contribution >= 4 is 5.91 Å². The molecule has 0 aromatic carbocycles. The molecule has 1 aromatic heterocycles. The average molecular weight is 307 g/mol. The third kappa shape index (κ3) is 3.50. The maximum absolute atomic E-state index is 12.5. The minimum Gasteiger partial charge on any atom is -0.389 e. The average Bonchev–Trinajstić information content (AvgIpc) is 2.94. The summed E-state index contributed by atoms with van der Waals surface area (Å²) in [5.41, 5.74) is 0.184. The van der Waals surface area contributed by atoms with Crippen molar-refractivity contribution in [3.8, 4) is 0 Å². The topological polar surface area (TPSA) is 78.5 Å². The molecule has 1 aliphatic carbocycles. The first kappa shape index (κ1) is 15.5. The van der Waals surface area contributed by atoms with Gasteiger partial charge in [0.25, 0.3) is 0 Å². The van der Waals surface area contributed by atoms with E-state index < -0.39 is 5.60 Å². The predicted octanol–water partition coefficient (Wildman–Crippen LogP) is 1.70. The Kier molecular flexibility index (Phi) is 4.49. The first-order valence-electron chi connectivity index (χ1n) is 8.19. The molecule has 0 bridgehead atoms. The van der Waals surface area contributed by atoms with Crippen molar-refractivity contribution in [2.24, 2.45) is 0 Å². The fourth-order valence-electron chi connectivity index (χ4n) is 3.42. The van der Waals surface area contributed by atoms with Gasteiger partial charge in [0, 0.05) is 18.4 Å². The van der Waals surface area contributed by atoms with Crippen LogP contribution in [-0.2, 0) is 9.53 Å². The van der Waals surface area contributed by atoms with Gasteiger partial charge in [0.2, 0.25) is 5.91 Å². The Balaban J connectivity index is 1.60. The van der Waals surface area contributed by atoms with E-state index in [9.17, 15) is 9.90 Å². The van der Waals surface area contributed by atoms with Gasteiger partial charge in [-0.15, -0.1) is 0 Å². The van der Waals surface area contributed by atoms with Gasteiger partial charge in [-0.2, -0.15) is 0 Å². The van der Waals surface area contributed by atoms with E-state index in [1.54, 1.807) is 11.1 Å². The molecule has 2 fully saturated rings. The molecule has 1 aromatic rings. The molecular formula is C16H25N3O3. The highest BCUT2D eigenvalue weighted by Crippen LogP contribution is 2.32. The van der Waals surface area contributed by atoms with Gasteiger partial charge in [0.15, 0.2) is 0 Å². The largest absolute Gasteiger partial charge is 0.389 e. The number of morpholine rings is 1. The van der Waals surface area contributed by atoms with Crippen LogP contribution in [0.3, 0.4) is 0 Å². The minimum absolute atomic E-state index is 0.0287.